The Morgan fingerprint density at radius 2 is 2.00 bits per heavy atom. The van der Waals surface area contributed by atoms with E-state index in [1.807, 2.05) is 0 Å². The number of amides is 1. The number of carbonyl (C=O) groups excluding carboxylic acids is 1. The van der Waals surface area contributed by atoms with Crippen molar-refractivity contribution in [2.75, 3.05) is 5.32 Å². The Kier molecular flexibility index (Phi) is 4.26. The van der Waals surface area contributed by atoms with Gasteiger partial charge in [0, 0.05) is 5.69 Å². The van der Waals surface area contributed by atoms with Crippen LogP contribution in [0.15, 0.2) is 42.5 Å². The van der Waals surface area contributed by atoms with Gasteiger partial charge in [0.2, 0.25) is 0 Å². The summed E-state index contributed by atoms with van der Waals surface area (Å²) < 4.78 is 27.8. The number of carbonyl (C=O) groups is 1. The van der Waals surface area contributed by atoms with E-state index in [9.17, 15) is 13.6 Å². The lowest BCUT2D eigenvalue weighted by molar-refractivity contribution is 0.102. The monoisotopic (exact) mass is 348 g/mol. The van der Waals surface area contributed by atoms with E-state index in [4.69, 9.17) is 11.6 Å². The Morgan fingerprint density at radius 1 is 1.21 bits per heavy atom. The summed E-state index contributed by atoms with van der Waals surface area (Å²) in [6.07, 6.45) is 0. The van der Waals surface area contributed by atoms with E-state index in [-0.39, 0.29) is 10.7 Å². The Bertz CT molecular complexity index is 926. The van der Waals surface area contributed by atoms with Gasteiger partial charge >= 0.3 is 0 Å². The zero-order valence-corrected chi connectivity index (χ0v) is 13.2. The minimum atomic E-state index is -0.553. The Morgan fingerprint density at radius 3 is 2.71 bits per heavy atom. The zero-order chi connectivity index (χ0) is 17.3. The third-order valence-electron chi connectivity index (χ3n) is 3.34. The van der Waals surface area contributed by atoms with Crippen LogP contribution in [0.1, 0.15) is 16.2 Å². The third kappa shape index (κ3) is 3.11. The van der Waals surface area contributed by atoms with Crippen LogP contribution in [0.25, 0.3) is 5.69 Å². The zero-order valence-electron chi connectivity index (χ0n) is 12.4. The smallest absolute Gasteiger partial charge is 0.278 e. The lowest BCUT2D eigenvalue weighted by atomic mass is 10.2. The molecular formula is C16H11ClF2N4O. The molecule has 2 aromatic carbocycles. The van der Waals surface area contributed by atoms with Crippen molar-refractivity contribution in [1.29, 1.82) is 0 Å². The van der Waals surface area contributed by atoms with Gasteiger partial charge in [0.15, 0.2) is 5.69 Å². The van der Waals surface area contributed by atoms with Crippen molar-refractivity contribution in [3.8, 4) is 5.69 Å². The molecule has 0 aliphatic carbocycles. The minimum Gasteiger partial charge on any atom is -0.320 e. The molecule has 0 aliphatic rings. The maximum atomic E-state index is 13.3. The first-order valence-electron chi connectivity index (χ1n) is 6.90. The number of hydrogen-bond donors (Lipinski definition) is 1. The van der Waals surface area contributed by atoms with Crippen LogP contribution in [0.4, 0.5) is 14.5 Å². The van der Waals surface area contributed by atoms with E-state index in [1.54, 1.807) is 13.0 Å². The van der Waals surface area contributed by atoms with Crippen molar-refractivity contribution >= 4 is 23.2 Å². The molecule has 0 aliphatic heterocycles. The Balaban J connectivity index is 1.89. The predicted molar refractivity (Wildman–Crippen MR) is 85.4 cm³/mol. The van der Waals surface area contributed by atoms with Crippen LogP contribution in [0.2, 0.25) is 5.02 Å². The fraction of sp³-hybridized carbons (Fsp3) is 0.0625. The van der Waals surface area contributed by atoms with Gasteiger partial charge in [-0.3, -0.25) is 4.79 Å². The van der Waals surface area contributed by atoms with Crippen LogP contribution >= 0.6 is 11.6 Å². The molecular weight excluding hydrogens is 338 g/mol. The van der Waals surface area contributed by atoms with E-state index in [0.717, 1.165) is 0 Å². The van der Waals surface area contributed by atoms with Gasteiger partial charge in [-0.1, -0.05) is 22.9 Å². The van der Waals surface area contributed by atoms with Crippen molar-refractivity contribution < 1.29 is 13.6 Å². The number of halogens is 3. The molecule has 0 atom stereocenters. The molecule has 0 spiro atoms. The van der Waals surface area contributed by atoms with Gasteiger partial charge in [-0.15, -0.1) is 5.10 Å². The molecule has 1 aromatic heterocycles. The minimum absolute atomic E-state index is 0.0619. The molecule has 1 amide bonds. The molecule has 122 valence electrons. The summed E-state index contributed by atoms with van der Waals surface area (Å²) >= 11 is 5.76. The molecule has 0 unspecified atom stereocenters. The summed E-state index contributed by atoms with van der Waals surface area (Å²) in [5, 5.41) is 10.2. The molecule has 3 aromatic rings. The largest absolute Gasteiger partial charge is 0.320 e. The van der Waals surface area contributed by atoms with Crippen molar-refractivity contribution in [2.45, 2.75) is 6.92 Å². The SMILES string of the molecule is Cc1c(C(=O)Nc2cccc(F)c2)nnn1-c1ccc(F)c(Cl)c1. The molecule has 0 fully saturated rings. The first kappa shape index (κ1) is 16.1. The van der Waals surface area contributed by atoms with E-state index in [1.165, 1.54) is 41.1 Å². The second kappa shape index (κ2) is 6.37. The molecule has 5 nitrogen and oxygen atoms in total. The number of benzene rings is 2. The molecule has 0 saturated heterocycles. The summed E-state index contributed by atoms with van der Waals surface area (Å²) in [6.45, 7) is 1.64. The molecule has 1 heterocycles. The van der Waals surface area contributed by atoms with E-state index in [2.05, 4.69) is 15.6 Å². The van der Waals surface area contributed by atoms with Gasteiger partial charge in [-0.05, 0) is 43.3 Å². The highest BCUT2D eigenvalue weighted by Gasteiger charge is 2.18. The predicted octanol–water partition coefficient (Wildman–Crippen LogP) is 3.76. The maximum absolute atomic E-state index is 13.3. The van der Waals surface area contributed by atoms with Gasteiger partial charge < -0.3 is 5.32 Å². The van der Waals surface area contributed by atoms with Gasteiger partial charge in [0.25, 0.3) is 5.91 Å². The topological polar surface area (TPSA) is 59.8 Å². The quantitative estimate of drug-likeness (QED) is 0.784. The number of hydrogen-bond acceptors (Lipinski definition) is 3. The normalized spacial score (nSPS) is 10.7. The molecule has 24 heavy (non-hydrogen) atoms. The second-order valence-corrected chi connectivity index (χ2v) is 5.41. The number of rotatable bonds is 3. The summed E-state index contributed by atoms with van der Waals surface area (Å²) in [6, 6.07) is 9.55. The first-order valence-corrected chi connectivity index (χ1v) is 7.28. The number of nitrogens with one attached hydrogen (secondary N) is 1. The first-order chi connectivity index (χ1) is 11.5. The standard InChI is InChI=1S/C16H11ClF2N4O/c1-9-15(16(24)20-11-4-2-3-10(18)7-11)21-22-23(9)12-5-6-14(19)13(17)8-12/h2-8H,1H3,(H,20,24). The van der Waals surface area contributed by atoms with Gasteiger partial charge in [0.05, 0.1) is 16.4 Å². The van der Waals surface area contributed by atoms with Crippen molar-refractivity contribution in [3.63, 3.8) is 0 Å². The highest BCUT2D eigenvalue weighted by molar-refractivity contribution is 6.30. The van der Waals surface area contributed by atoms with Crippen molar-refractivity contribution in [1.82, 2.24) is 15.0 Å². The summed E-state index contributed by atoms with van der Waals surface area (Å²) in [4.78, 5) is 12.3. The lowest BCUT2D eigenvalue weighted by Crippen LogP contribution is -2.14. The number of nitrogens with zero attached hydrogens (tertiary/aromatic N) is 3. The molecule has 1 N–H and O–H groups in total. The van der Waals surface area contributed by atoms with E-state index < -0.39 is 17.5 Å². The van der Waals surface area contributed by atoms with Crippen LogP contribution in [0.5, 0.6) is 0 Å². The molecule has 0 bridgehead atoms. The van der Waals surface area contributed by atoms with Gasteiger partial charge in [-0.2, -0.15) is 0 Å². The molecule has 3 rings (SSSR count). The van der Waals surface area contributed by atoms with Gasteiger partial charge in [-0.25, -0.2) is 13.5 Å². The average molecular weight is 349 g/mol. The molecule has 0 radical (unpaired) electrons. The molecule has 0 saturated carbocycles. The Hall–Kier alpha value is -2.80. The van der Waals surface area contributed by atoms with E-state index in [0.29, 0.717) is 17.1 Å². The van der Waals surface area contributed by atoms with Crippen LogP contribution in [0, 0.1) is 18.6 Å². The third-order valence-corrected chi connectivity index (χ3v) is 3.63. The number of anilines is 1. The maximum Gasteiger partial charge on any atom is 0.278 e. The highest BCUT2D eigenvalue weighted by Crippen LogP contribution is 2.20. The van der Waals surface area contributed by atoms with Crippen molar-refractivity contribution in [3.05, 3.63) is 70.5 Å². The summed E-state index contributed by atoms with van der Waals surface area (Å²) in [7, 11) is 0. The highest BCUT2D eigenvalue weighted by atomic mass is 35.5. The van der Waals surface area contributed by atoms with Crippen LogP contribution < -0.4 is 5.32 Å². The molecule has 8 heteroatoms. The second-order valence-electron chi connectivity index (χ2n) is 5.00. The summed E-state index contributed by atoms with van der Waals surface area (Å²) in [5.41, 5.74) is 1.28. The Labute approximate surface area is 140 Å². The lowest BCUT2D eigenvalue weighted by Gasteiger charge is -2.06. The van der Waals surface area contributed by atoms with Crippen LogP contribution in [-0.4, -0.2) is 20.9 Å². The van der Waals surface area contributed by atoms with Crippen LogP contribution in [-0.2, 0) is 0 Å². The van der Waals surface area contributed by atoms with Crippen molar-refractivity contribution in [2.24, 2.45) is 0 Å². The fourth-order valence-electron chi connectivity index (χ4n) is 2.16. The average Bonchev–Trinajstić information content (AvgIpc) is 2.92. The summed E-state index contributed by atoms with van der Waals surface area (Å²) in [5.74, 6) is -1.55. The van der Waals surface area contributed by atoms with E-state index >= 15 is 0 Å². The van der Waals surface area contributed by atoms with Gasteiger partial charge in [0.1, 0.15) is 11.6 Å². The fourth-order valence-corrected chi connectivity index (χ4v) is 2.33. The van der Waals surface area contributed by atoms with Crippen LogP contribution in [0.3, 0.4) is 0 Å². The number of aromatic nitrogens is 3.